The summed E-state index contributed by atoms with van der Waals surface area (Å²) in [5, 5.41) is 18.7. The molecular weight excluding hydrogens is 229 g/mol. The van der Waals surface area contributed by atoms with Gasteiger partial charge >= 0.3 is 7.12 Å². The van der Waals surface area contributed by atoms with Gasteiger partial charge in [0.05, 0.1) is 6.61 Å². The van der Waals surface area contributed by atoms with Gasteiger partial charge in [0.1, 0.15) is 0 Å². The number of benzene rings is 1. The second kappa shape index (κ2) is 6.34. The summed E-state index contributed by atoms with van der Waals surface area (Å²) >= 11 is 0. The van der Waals surface area contributed by atoms with Gasteiger partial charge in [0.15, 0.2) is 0 Å². The predicted molar refractivity (Wildman–Crippen MR) is 71.6 cm³/mol. The molecule has 4 nitrogen and oxygen atoms in total. The summed E-state index contributed by atoms with van der Waals surface area (Å²) in [6.45, 7) is 2.54. The molecule has 0 unspecified atom stereocenters. The summed E-state index contributed by atoms with van der Waals surface area (Å²) in [7, 11) is 0.326. The minimum atomic E-state index is -1.40. The molecule has 2 rings (SSSR count). The van der Waals surface area contributed by atoms with E-state index in [0.717, 1.165) is 31.7 Å². The van der Waals surface area contributed by atoms with Crippen molar-refractivity contribution in [2.75, 3.05) is 20.3 Å². The van der Waals surface area contributed by atoms with Crippen LogP contribution in [0.25, 0.3) is 0 Å². The van der Waals surface area contributed by atoms with Gasteiger partial charge in [-0.2, -0.15) is 0 Å². The van der Waals surface area contributed by atoms with E-state index in [-0.39, 0.29) is 0 Å². The quantitative estimate of drug-likeness (QED) is 0.720. The van der Waals surface area contributed by atoms with Crippen LogP contribution in [0.2, 0.25) is 0 Å². The molecule has 0 radical (unpaired) electrons. The van der Waals surface area contributed by atoms with Crippen LogP contribution in [0, 0.1) is 0 Å². The Morgan fingerprint density at radius 3 is 2.89 bits per heavy atom. The fourth-order valence-corrected chi connectivity index (χ4v) is 2.63. The first kappa shape index (κ1) is 13.6. The predicted octanol–water partition coefficient (Wildman–Crippen LogP) is -0.0228. The number of likely N-dealkylation sites (tertiary alicyclic amines) is 1. The Bertz CT molecular complexity index is 386. The van der Waals surface area contributed by atoms with E-state index in [9.17, 15) is 10.0 Å². The first-order valence-electron chi connectivity index (χ1n) is 6.39. The van der Waals surface area contributed by atoms with Gasteiger partial charge in [-0.25, -0.2) is 0 Å². The first-order chi connectivity index (χ1) is 8.72. The Hall–Kier alpha value is -0.875. The van der Waals surface area contributed by atoms with E-state index < -0.39 is 7.12 Å². The lowest BCUT2D eigenvalue weighted by molar-refractivity contribution is 0.112. The highest BCUT2D eigenvalue weighted by Gasteiger charge is 2.26. The lowest BCUT2D eigenvalue weighted by Gasteiger charge is -2.24. The van der Waals surface area contributed by atoms with Crippen molar-refractivity contribution < 1.29 is 14.8 Å². The van der Waals surface area contributed by atoms with Gasteiger partial charge < -0.3 is 14.8 Å². The monoisotopic (exact) mass is 249 g/mol. The van der Waals surface area contributed by atoms with Gasteiger partial charge in [-0.15, -0.1) is 0 Å². The molecule has 1 saturated heterocycles. The summed E-state index contributed by atoms with van der Waals surface area (Å²) in [6.07, 6.45) is 2.33. The number of nitrogens with zero attached hydrogens (tertiary/aromatic N) is 1. The molecule has 18 heavy (non-hydrogen) atoms. The normalized spacial score (nSPS) is 20.3. The van der Waals surface area contributed by atoms with Crippen LogP contribution in [-0.4, -0.2) is 48.4 Å². The van der Waals surface area contributed by atoms with Crippen molar-refractivity contribution in [2.24, 2.45) is 0 Å². The molecule has 1 heterocycles. The van der Waals surface area contributed by atoms with Gasteiger partial charge in [-0.3, -0.25) is 4.90 Å². The number of methoxy groups -OCH3 is 1. The number of ether oxygens (including phenoxy) is 1. The zero-order valence-electron chi connectivity index (χ0n) is 10.7. The van der Waals surface area contributed by atoms with Gasteiger partial charge in [0, 0.05) is 19.7 Å². The summed E-state index contributed by atoms with van der Waals surface area (Å²) in [4.78, 5) is 2.35. The van der Waals surface area contributed by atoms with E-state index in [1.165, 1.54) is 6.42 Å². The Labute approximate surface area is 108 Å². The SMILES string of the molecule is COC[C@H]1CCCN1Cc1ccccc1B(O)O. The second-order valence-electron chi connectivity index (χ2n) is 4.79. The fraction of sp³-hybridized carbons (Fsp3) is 0.538. The van der Waals surface area contributed by atoms with E-state index in [2.05, 4.69) is 4.90 Å². The van der Waals surface area contributed by atoms with Gasteiger partial charge in [-0.1, -0.05) is 24.3 Å². The molecule has 1 aromatic carbocycles. The van der Waals surface area contributed by atoms with Crippen molar-refractivity contribution in [1.82, 2.24) is 4.90 Å². The third-order valence-electron chi connectivity index (χ3n) is 3.56. The number of hydrogen-bond donors (Lipinski definition) is 2. The molecule has 5 heteroatoms. The van der Waals surface area contributed by atoms with Crippen LogP contribution in [0.3, 0.4) is 0 Å². The maximum atomic E-state index is 9.36. The highest BCUT2D eigenvalue weighted by molar-refractivity contribution is 6.59. The summed E-state index contributed by atoms with van der Waals surface area (Å²) < 4.78 is 5.23. The highest BCUT2D eigenvalue weighted by atomic mass is 16.5. The van der Waals surface area contributed by atoms with Crippen molar-refractivity contribution >= 4 is 12.6 Å². The minimum Gasteiger partial charge on any atom is -0.423 e. The lowest BCUT2D eigenvalue weighted by atomic mass is 9.77. The smallest absolute Gasteiger partial charge is 0.423 e. The van der Waals surface area contributed by atoms with Crippen molar-refractivity contribution in [3.8, 4) is 0 Å². The zero-order valence-corrected chi connectivity index (χ0v) is 10.7. The second-order valence-corrected chi connectivity index (χ2v) is 4.79. The van der Waals surface area contributed by atoms with Crippen LogP contribution in [0.4, 0.5) is 0 Å². The topological polar surface area (TPSA) is 52.9 Å². The molecule has 98 valence electrons. The third-order valence-corrected chi connectivity index (χ3v) is 3.56. The van der Waals surface area contributed by atoms with Crippen molar-refractivity contribution in [3.63, 3.8) is 0 Å². The van der Waals surface area contributed by atoms with Gasteiger partial charge in [-0.05, 0) is 30.4 Å². The van der Waals surface area contributed by atoms with Crippen LogP contribution in [0.15, 0.2) is 24.3 Å². The summed E-state index contributed by atoms with van der Waals surface area (Å²) in [6, 6.07) is 7.93. The van der Waals surface area contributed by atoms with Crippen LogP contribution >= 0.6 is 0 Å². The van der Waals surface area contributed by atoms with E-state index in [0.29, 0.717) is 11.5 Å². The zero-order chi connectivity index (χ0) is 13.0. The van der Waals surface area contributed by atoms with Crippen LogP contribution in [0.1, 0.15) is 18.4 Å². The molecular formula is C13H20BNO3. The lowest BCUT2D eigenvalue weighted by Crippen LogP contribution is -2.38. The minimum absolute atomic E-state index is 0.443. The molecule has 0 spiro atoms. The van der Waals surface area contributed by atoms with E-state index in [4.69, 9.17) is 4.74 Å². The Morgan fingerprint density at radius 2 is 2.17 bits per heavy atom. The van der Waals surface area contributed by atoms with Gasteiger partial charge in [0.25, 0.3) is 0 Å². The molecule has 0 amide bonds. The molecule has 1 aliphatic heterocycles. The molecule has 1 atom stereocenters. The van der Waals surface area contributed by atoms with Crippen molar-refractivity contribution in [3.05, 3.63) is 29.8 Å². The molecule has 2 N–H and O–H groups in total. The van der Waals surface area contributed by atoms with Gasteiger partial charge in [0.2, 0.25) is 0 Å². The van der Waals surface area contributed by atoms with Crippen LogP contribution < -0.4 is 5.46 Å². The third kappa shape index (κ3) is 3.11. The molecule has 0 aromatic heterocycles. The first-order valence-corrected chi connectivity index (χ1v) is 6.39. The van der Waals surface area contributed by atoms with Crippen molar-refractivity contribution in [1.29, 1.82) is 0 Å². The maximum absolute atomic E-state index is 9.36. The van der Waals surface area contributed by atoms with Crippen LogP contribution in [0.5, 0.6) is 0 Å². The molecule has 0 bridgehead atoms. The molecule has 0 saturated carbocycles. The maximum Gasteiger partial charge on any atom is 0.488 e. The molecule has 1 aromatic rings. The van der Waals surface area contributed by atoms with Crippen LogP contribution in [-0.2, 0) is 11.3 Å². The Morgan fingerprint density at radius 1 is 1.39 bits per heavy atom. The van der Waals surface area contributed by atoms with E-state index >= 15 is 0 Å². The average molecular weight is 249 g/mol. The standard InChI is InChI=1S/C13H20BNO3/c1-18-10-12-6-4-8-15(12)9-11-5-2-3-7-13(11)14(16)17/h2-3,5,7,12,16-17H,4,6,8-10H2,1H3/t12-/m1/s1. The average Bonchev–Trinajstić information content (AvgIpc) is 2.78. The molecule has 1 aliphatic rings. The Balaban J connectivity index is 2.09. The summed E-state index contributed by atoms with van der Waals surface area (Å²) in [5.41, 5.74) is 1.58. The molecule has 0 aliphatic carbocycles. The molecule has 1 fully saturated rings. The van der Waals surface area contributed by atoms with Crippen molar-refractivity contribution in [2.45, 2.75) is 25.4 Å². The number of rotatable bonds is 5. The number of hydrogen-bond acceptors (Lipinski definition) is 4. The largest absolute Gasteiger partial charge is 0.488 e. The Kier molecular flexibility index (Phi) is 4.77. The van der Waals surface area contributed by atoms with E-state index in [1.54, 1.807) is 13.2 Å². The fourth-order valence-electron chi connectivity index (χ4n) is 2.63. The highest BCUT2D eigenvalue weighted by Crippen LogP contribution is 2.19. The van der Waals surface area contributed by atoms with E-state index in [1.807, 2.05) is 18.2 Å². The summed E-state index contributed by atoms with van der Waals surface area (Å²) in [5.74, 6) is 0.